The lowest BCUT2D eigenvalue weighted by Gasteiger charge is -2.23. The first-order valence-corrected chi connectivity index (χ1v) is 7.12. The molecule has 2 N–H and O–H groups in total. The summed E-state index contributed by atoms with van der Waals surface area (Å²) in [6.45, 7) is 9.11. The largest absolute Gasteiger partial charge is 0.352 e. The molecular formula is C16H24N2O. The Balaban J connectivity index is 2.03. The van der Waals surface area contributed by atoms with Gasteiger partial charge in [0.2, 0.25) is 0 Å². The first kappa shape index (κ1) is 14.1. The molecule has 2 rings (SSSR count). The Labute approximate surface area is 115 Å². The van der Waals surface area contributed by atoms with Gasteiger partial charge in [-0.2, -0.15) is 0 Å². The van der Waals surface area contributed by atoms with Gasteiger partial charge >= 0.3 is 0 Å². The van der Waals surface area contributed by atoms with Crippen LogP contribution in [0.5, 0.6) is 0 Å². The summed E-state index contributed by atoms with van der Waals surface area (Å²) in [6.07, 6.45) is 2.11. The van der Waals surface area contributed by atoms with Crippen molar-refractivity contribution in [1.29, 1.82) is 0 Å². The van der Waals surface area contributed by atoms with Gasteiger partial charge in [0, 0.05) is 18.7 Å². The third-order valence-electron chi connectivity index (χ3n) is 4.04. The molecule has 0 aliphatic carbocycles. The maximum atomic E-state index is 12.2. The van der Waals surface area contributed by atoms with E-state index in [1.54, 1.807) is 0 Å². The lowest BCUT2D eigenvalue weighted by molar-refractivity contribution is 0.0935. The summed E-state index contributed by atoms with van der Waals surface area (Å²) in [6, 6.07) is 6.06. The van der Waals surface area contributed by atoms with Gasteiger partial charge in [-0.15, -0.1) is 0 Å². The second-order valence-electron chi connectivity index (χ2n) is 6.11. The zero-order valence-corrected chi connectivity index (χ0v) is 12.2. The summed E-state index contributed by atoms with van der Waals surface area (Å²) in [5.41, 5.74) is 3.55. The predicted molar refractivity (Wildman–Crippen MR) is 78.3 cm³/mol. The number of nitrogens with one attached hydrogen (secondary N) is 2. The number of fused-ring (bicyclic) bond motifs is 1. The number of amides is 1. The van der Waals surface area contributed by atoms with Gasteiger partial charge in [-0.3, -0.25) is 4.79 Å². The molecule has 0 fully saturated rings. The molecule has 1 aromatic carbocycles. The molecule has 0 spiro atoms. The molecule has 0 bridgehead atoms. The van der Waals surface area contributed by atoms with Gasteiger partial charge in [-0.25, -0.2) is 0 Å². The van der Waals surface area contributed by atoms with E-state index in [0.717, 1.165) is 38.0 Å². The van der Waals surface area contributed by atoms with Gasteiger partial charge in [-0.1, -0.05) is 26.8 Å². The number of hydrogen-bond acceptors (Lipinski definition) is 2. The van der Waals surface area contributed by atoms with Crippen molar-refractivity contribution < 1.29 is 4.79 Å². The number of carbonyl (C=O) groups is 1. The number of rotatable bonds is 4. The standard InChI is InChI=1S/C16H24N2O/c1-4-16(2,3)11-18-15(19)13-6-5-12-7-8-17-10-14(12)9-13/h5-6,9,17H,4,7-8,10-11H2,1-3H3,(H,18,19). The Bertz CT molecular complexity index is 466. The Kier molecular flexibility index (Phi) is 4.25. The van der Waals surface area contributed by atoms with Crippen LogP contribution in [0.4, 0.5) is 0 Å². The van der Waals surface area contributed by atoms with Crippen molar-refractivity contribution in [3.05, 3.63) is 34.9 Å². The number of hydrogen-bond donors (Lipinski definition) is 2. The highest BCUT2D eigenvalue weighted by molar-refractivity contribution is 5.94. The zero-order chi connectivity index (χ0) is 13.9. The maximum absolute atomic E-state index is 12.2. The molecule has 3 nitrogen and oxygen atoms in total. The molecular weight excluding hydrogens is 236 g/mol. The summed E-state index contributed by atoms with van der Waals surface area (Å²) >= 11 is 0. The van der Waals surface area contributed by atoms with Crippen molar-refractivity contribution in [2.45, 2.75) is 40.2 Å². The first-order valence-electron chi connectivity index (χ1n) is 7.12. The highest BCUT2D eigenvalue weighted by Crippen LogP contribution is 2.19. The molecule has 1 aromatic rings. The van der Waals surface area contributed by atoms with E-state index in [9.17, 15) is 4.79 Å². The fraction of sp³-hybridized carbons (Fsp3) is 0.562. The summed E-state index contributed by atoms with van der Waals surface area (Å²) in [5, 5.41) is 6.38. The van der Waals surface area contributed by atoms with Crippen molar-refractivity contribution in [3.8, 4) is 0 Å². The highest BCUT2D eigenvalue weighted by atomic mass is 16.1. The quantitative estimate of drug-likeness (QED) is 0.873. The third-order valence-corrected chi connectivity index (χ3v) is 4.04. The van der Waals surface area contributed by atoms with Crippen molar-refractivity contribution >= 4 is 5.91 Å². The van der Waals surface area contributed by atoms with E-state index in [2.05, 4.69) is 37.5 Å². The van der Waals surface area contributed by atoms with Gasteiger partial charge in [-0.05, 0) is 48.1 Å². The smallest absolute Gasteiger partial charge is 0.251 e. The summed E-state index contributed by atoms with van der Waals surface area (Å²) < 4.78 is 0. The van der Waals surface area contributed by atoms with Crippen LogP contribution in [0.3, 0.4) is 0 Å². The van der Waals surface area contributed by atoms with Crippen molar-refractivity contribution in [1.82, 2.24) is 10.6 Å². The Hall–Kier alpha value is -1.35. The lowest BCUT2D eigenvalue weighted by Crippen LogP contribution is -2.34. The lowest BCUT2D eigenvalue weighted by atomic mass is 9.90. The second kappa shape index (κ2) is 5.74. The van der Waals surface area contributed by atoms with Gasteiger partial charge in [0.15, 0.2) is 0 Å². The molecule has 0 saturated carbocycles. The monoisotopic (exact) mass is 260 g/mol. The first-order chi connectivity index (χ1) is 9.02. The molecule has 3 heteroatoms. The van der Waals surface area contributed by atoms with Crippen LogP contribution >= 0.6 is 0 Å². The minimum absolute atomic E-state index is 0.0369. The van der Waals surface area contributed by atoms with Crippen LogP contribution < -0.4 is 10.6 Å². The van der Waals surface area contributed by atoms with E-state index >= 15 is 0 Å². The molecule has 1 aliphatic rings. The normalized spacial score (nSPS) is 14.9. The SMILES string of the molecule is CCC(C)(C)CNC(=O)c1ccc2c(c1)CNCC2. The fourth-order valence-corrected chi connectivity index (χ4v) is 2.17. The average Bonchev–Trinajstić information content (AvgIpc) is 2.44. The molecule has 0 unspecified atom stereocenters. The van der Waals surface area contributed by atoms with Crippen LogP contribution in [-0.4, -0.2) is 19.0 Å². The molecule has 19 heavy (non-hydrogen) atoms. The molecule has 0 aromatic heterocycles. The van der Waals surface area contributed by atoms with Crippen LogP contribution in [0.2, 0.25) is 0 Å². The van der Waals surface area contributed by atoms with Gasteiger partial charge in [0.1, 0.15) is 0 Å². The van der Waals surface area contributed by atoms with Crippen LogP contribution in [0.1, 0.15) is 48.7 Å². The Morgan fingerprint density at radius 2 is 2.16 bits per heavy atom. The van der Waals surface area contributed by atoms with Crippen LogP contribution in [0, 0.1) is 5.41 Å². The zero-order valence-electron chi connectivity index (χ0n) is 12.2. The van der Waals surface area contributed by atoms with E-state index in [4.69, 9.17) is 0 Å². The summed E-state index contributed by atoms with van der Waals surface area (Å²) in [5.74, 6) is 0.0369. The maximum Gasteiger partial charge on any atom is 0.251 e. The van der Waals surface area contributed by atoms with Gasteiger partial charge in [0.25, 0.3) is 5.91 Å². The minimum Gasteiger partial charge on any atom is -0.352 e. The Morgan fingerprint density at radius 1 is 1.37 bits per heavy atom. The van der Waals surface area contributed by atoms with E-state index < -0.39 is 0 Å². The third kappa shape index (κ3) is 3.57. The summed E-state index contributed by atoms with van der Waals surface area (Å²) in [4.78, 5) is 12.2. The average molecular weight is 260 g/mol. The molecule has 0 radical (unpaired) electrons. The Morgan fingerprint density at radius 3 is 2.89 bits per heavy atom. The number of benzene rings is 1. The fourth-order valence-electron chi connectivity index (χ4n) is 2.17. The van der Waals surface area contributed by atoms with Crippen molar-refractivity contribution in [3.63, 3.8) is 0 Å². The van der Waals surface area contributed by atoms with Crippen LogP contribution in [0.15, 0.2) is 18.2 Å². The van der Waals surface area contributed by atoms with Crippen molar-refractivity contribution in [2.75, 3.05) is 13.1 Å². The second-order valence-corrected chi connectivity index (χ2v) is 6.11. The van der Waals surface area contributed by atoms with Crippen LogP contribution in [0.25, 0.3) is 0 Å². The van der Waals surface area contributed by atoms with Crippen LogP contribution in [-0.2, 0) is 13.0 Å². The van der Waals surface area contributed by atoms with Gasteiger partial charge in [0.05, 0.1) is 0 Å². The summed E-state index contributed by atoms with van der Waals surface area (Å²) in [7, 11) is 0. The molecule has 104 valence electrons. The predicted octanol–water partition coefficient (Wildman–Crippen LogP) is 2.50. The van der Waals surface area contributed by atoms with Gasteiger partial charge < -0.3 is 10.6 Å². The molecule has 0 atom stereocenters. The highest BCUT2D eigenvalue weighted by Gasteiger charge is 2.17. The molecule has 0 saturated heterocycles. The molecule has 1 heterocycles. The van der Waals surface area contributed by atoms with E-state index in [1.165, 1.54) is 11.1 Å². The van der Waals surface area contributed by atoms with E-state index in [0.29, 0.717) is 0 Å². The van der Waals surface area contributed by atoms with E-state index in [-0.39, 0.29) is 11.3 Å². The molecule has 1 amide bonds. The van der Waals surface area contributed by atoms with E-state index in [1.807, 2.05) is 12.1 Å². The minimum atomic E-state index is 0.0369. The molecule has 1 aliphatic heterocycles. The van der Waals surface area contributed by atoms with Crippen molar-refractivity contribution in [2.24, 2.45) is 5.41 Å². The number of carbonyl (C=O) groups excluding carboxylic acids is 1. The topological polar surface area (TPSA) is 41.1 Å².